The van der Waals surface area contributed by atoms with Gasteiger partial charge < -0.3 is 9.13 Å². The lowest BCUT2D eigenvalue weighted by molar-refractivity contribution is 1.16. The van der Waals surface area contributed by atoms with Crippen molar-refractivity contribution in [3.8, 4) is 11.4 Å². The average Bonchev–Trinajstić information content (AvgIpc) is 3.46. The van der Waals surface area contributed by atoms with E-state index < -0.39 is 0 Å². The van der Waals surface area contributed by atoms with Crippen LogP contribution < -0.4 is 0 Å². The van der Waals surface area contributed by atoms with Crippen molar-refractivity contribution in [2.75, 3.05) is 0 Å². The third-order valence-corrected chi connectivity index (χ3v) is 7.49. The van der Waals surface area contributed by atoms with Crippen molar-refractivity contribution < 1.29 is 0 Å². The zero-order valence-electron chi connectivity index (χ0n) is 19.6. The summed E-state index contributed by atoms with van der Waals surface area (Å²) in [6, 6.07) is 48.3. The summed E-state index contributed by atoms with van der Waals surface area (Å²) < 4.78 is 4.83. The van der Waals surface area contributed by atoms with Crippen LogP contribution in [-0.2, 0) is 0 Å². The fourth-order valence-electron chi connectivity index (χ4n) is 5.95. The van der Waals surface area contributed by atoms with E-state index in [-0.39, 0.29) is 0 Å². The van der Waals surface area contributed by atoms with E-state index in [0.717, 1.165) is 0 Å². The Morgan fingerprint density at radius 1 is 0.333 bits per heavy atom. The number of aromatic nitrogens is 2. The molecule has 2 heterocycles. The molecule has 0 spiro atoms. The minimum absolute atomic E-state index is 1.17. The van der Waals surface area contributed by atoms with Crippen molar-refractivity contribution in [1.29, 1.82) is 0 Å². The summed E-state index contributed by atoms with van der Waals surface area (Å²) in [7, 11) is 0. The van der Waals surface area contributed by atoms with Gasteiger partial charge in [0.25, 0.3) is 0 Å². The van der Waals surface area contributed by atoms with Gasteiger partial charge in [0, 0.05) is 38.3 Å². The van der Waals surface area contributed by atoms with Crippen LogP contribution in [0.5, 0.6) is 0 Å². The standard InChI is InChI=1S/C34H22N2/c1-2-11-24(12-3-1)35-31-16-8-6-14-27(31)29-21-19-25(22-33(29)35)36-32-17-9-7-15-28(32)30-20-18-23-10-4-5-13-26(23)34(30)36/h1-22H. The highest BCUT2D eigenvalue weighted by molar-refractivity contribution is 6.19. The van der Waals surface area contributed by atoms with Gasteiger partial charge in [-0.05, 0) is 41.8 Å². The van der Waals surface area contributed by atoms with Gasteiger partial charge in [-0.1, -0.05) is 97.1 Å². The fraction of sp³-hybridized carbons (Fsp3) is 0. The van der Waals surface area contributed by atoms with E-state index in [4.69, 9.17) is 0 Å². The molecule has 0 saturated carbocycles. The predicted molar refractivity (Wildman–Crippen MR) is 153 cm³/mol. The Hall–Kier alpha value is -4.82. The predicted octanol–water partition coefficient (Wildman–Crippen LogP) is 9.03. The normalized spacial score (nSPS) is 11.9. The van der Waals surface area contributed by atoms with Gasteiger partial charge in [0.1, 0.15) is 0 Å². The summed E-state index contributed by atoms with van der Waals surface area (Å²) in [6.45, 7) is 0. The van der Waals surface area contributed by atoms with Gasteiger partial charge in [-0.25, -0.2) is 0 Å². The lowest BCUT2D eigenvalue weighted by atomic mass is 10.1. The molecular formula is C34H22N2. The molecule has 0 aliphatic carbocycles. The Kier molecular flexibility index (Phi) is 3.97. The molecule has 0 aliphatic rings. The number of rotatable bonds is 2. The molecule has 0 atom stereocenters. The minimum atomic E-state index is 1.17. The Morgan fingerprint density at radius 2 is 0.917 bits per heavy atom. The van der Waals surface area contributed by atoms with E-state index in [1.165, 1.54) is 65.8 Å². The highest BCUT2D eigenvalue weighted by Crippen LogP contribution is 2.38. The van der Waals surface area contributed by atoms with Gasteiger partial charge in [-0.2, -0.15) is 0 Å². The summed E-state index contributed by atoms with van der Waals surface area (Å²) in [6.07, 6.45) is 0. The molecule has 8 rings (SSSR count). The third-order valence-electron chi connectivity index (χ3n) is 7.49. The summed E-state index contributed by atoms with van der Waals surface area (Å²) in [5, 5.41) is 7.64. The largest absolute Gasteiger partial charge is 0.309 e. The number of fused-ring (bicyclic) bond motifs is 8. The Labute approximate surface area is 208 Å². The second-order valence-electron chi connectivity index (χ2n) is 9.42. The molecule has 2 aromatic heterocycles. The molecule has 8 aromatic rings. The number of para-hydroxylation sites is 3. The molecule has 0 saturated heterocycles. The summed E-state index contributed by atoms with van der Waals surface area (Å²) in [5.41, 5.74) is 7.27. The number of benzene rings is 6. The van der Waals surface area contributed by atoms with E-state index in [2.05, 4.69) is 143 Å². The lowest BCUT2D eigenvalue weighted by Gasteiger charge is -2.12. The van der Waals surface area contributed by atoms with Gasteiger partial charge in [0.2, 0.25) is 0 Å². The maximum absolute atomic E-state index is 2.44. The van der Waals surface area contributed by atoms with E-state index in [1.807, 2.05) is 0 Å². The molecule has 0 N–H and O–H groups in total. The van der Waals surface area contributed by atoms with Gasteiger partial charge >= 0.3 is 0 Å². The quantitative estimate of drug-likeness (QED) is 0.244. The molecule has 36 heavy (non-hydrogen) atoms. The first-order valence-corrected chi connectivity index (χ1v) is 12.4. The van der Waals surface area contributed by atoms with Crippen molar-refractivity contribution >= 4 is 54.4 Å². The van der Waals surface area contributed by atoms with Gasteiger partial charge in [0.05, 0.1) is 22.1 Å². The minimum Gasteiger partial charge on any atom is -0.309 e. The number of hydrogen-bond donors (Lipinski definition) is 0. The van der Waals surface area contributed by atoms with Crippen LogP contribution in [0, 0.1) is 0 Å². The second-order valence-corrected chi connectivity index (χ2v) is 9.42. The Morgan fingerprint density at radius 3 is 1.72 bits per heavy atom. The van der Waals surface area contributed by atoms with E-state index in [0.29, 0.717) is 0 Å². The van der Waals surface area contributed by atoms with E-state index in [9.17, 15) is 0 Å². The van der Waals surface area contributed by atoms with E-state index in [1.54, 1.807) is 0 Å². The summed E-state index contributed by atoms with van der Waals surface area (Å²) >= 11 is 0. The van der Waals surface area contributed by atoms with Crippen molar-refractivity contribution in [2.45, 2.75) is 0 Å². The first-order valence-electron chi connectivity index (χ1n) is 12.4. The average molecular weight is 459 g/mol. The van der Waals surface area contributed by atoms with Crippen LogP contribution >= 0.6 is 0 Å². The van der Waals surface area contributed by atoms with Crippen molar-refractivity contribution in [2.24, 2.45) is 0 Å². The highest BCUT2D eigenvalue weighted by atomic mass is 15.0. The first-order chi connectivity index (χ1) is 17.9. The van der Waals surface area contributed by atoms with Crippen LogP contribution in [0.3, 0.4) is 0 Å². The zero-order chi connectivity index (χ0) is 23.6. The monoisotopic (exact) mass is 458 g/mol. The molecule has 0 amide bonds. The van der Waals surface area contributed by atoms with Gasteiger partial charge in [-0.3, -0.25) is 0 Å². The van der Waals surface area contributed by atoms with Gasteiger partial charge in [0.15, 0.2) is 0 Å². The van der Waals surface area contributed by atoms with Crippen LogP contribution in [-0.4, -0.2) is 9.13 Å². The molecule has 0 radical (unpaired) electrons. The molecule has 168 valence electrons. The Balaban J connectivity index is 1.54. The smallest absolute Gasteiger partial charge is 0.0619 e. The van der Waals surface area contributed by atoms with Crippen LogP contribution in [0.15, 0.2) is 133 Å². The van der Waals surface area contributed by atoms with Gasteiger partial charge in [-0.15, -0.1) is 0 Å². The Bertz CT molecular complexity index is 2090. The number of nitrogens with zero attached hydrogens (tertiary/aromatic N) is 2. The SMILES string of the molecule is c1ccc(-n2c3ccccc3c3ccc(-n4c5ccccc5c5ccc6ccccc6c54)cc32)cc1. The number of hydrogen-bond acceptors (Lipinski definition) is 0. The molecular weight excluding hydrogens is 436 g/mol. The molecule has 2 heteroatoms. The van der Waals surface area contributed by atoms with Crippen LogP contribution in [0.4, 0.5) is 0 Å². The van der Waals surface area contributed by atoms with Crippen molar-refractivity contribution in [3.63, 3.8) is 0 Å². The van der Waals surface area contributed by atoms with Crippen LogP contribution in [0.2, 0.25) is 0 Å². The van der Waals surface area contributed by atoms with Crippen molar-refractivity contribution in [1.82, 2.24) is 9.13 Å². The molecule has 0 bridgehead atoms. The van der Waals surface area contributed by atoms with E-state index >= 15 is 0 Å². The highest BCUT2D eigenvalue weighted by Gasteiger charge is 2.17. The maximum Gasteiger partial charge on any atom is 0.0619 e. The maximum atomic E-state index is 2.44. The third kappa shape index (κ3) is 2.61. The molecule has 0 aliphatic heterocycles. The lowest BCUT2D eigenvalue weighted by Crippen LogP contribution is -1.97. The molecule has 0 unspecified atom stereocenters. The topological polar surface area (TPSA) is 9.86 Å². The summed E-state index contributed by atoms with van der Waals surface area (Å²) in [4.78, 5) is 0. The van der Waals surface area contributed by atoms with Crippen molar-refractivity contribution in [3.05, 3.63) is 133 Å². The fourth-order valence-corrected chi connectivity index (χ4v) is 5.95. The summed E-state index contributed by atoms with van der Waals surface area (Å²) in [5.74, 6) is 0. The zero-order valence-corrected chi connectivity index (χ0v) is 19.6. The molecule has 2 nitrogen and oxygen atoms in total. The van der Waals surface area contributed by atoms with Crippen LogP contribution in [0.1, 0.15) is 0 Å². The van der Waals surface area contributed by atoms with Crippen LogP contribution in [0.25, 0.3) is 65.8 Å². The molecule has 6 aromatic carbocycles. The first kappa shape index (κ1) is 19.5. The molecule has 0 fully saturated rings. The second kappa shape index (κ2) is 7.34.